The lowest BCUT2D eigenvalue weighted by molar-refractivity contribution is -0.387. The molecule has 2 rings (SSSR count). The van der Waals surface area contributed by atoms with Gasteiger partial charge in [0.2, 0.25) is 5.82 Å². The van der Waals surface area contributed by atoms with Gasteiger partial charge in [-0.1, -0.05) is 12.1 Å². The number of nitro benzene ring substituents is 1. The zero-order valence-electron chi connectivity index (χ0n) is 11.9. The first-order valence-electron chi connectivity index (χ1n) is 6.87. The zero-order chi connectivity index (χ0) is 14.7. The van der Waals surface area contributed by atoms with E-state index in [9.17, 15) is 14.5 Å². The van der Waals surface area contributed by atoms with Crippen LogP contribution in [-0.4, -0.2) is 46.9 Å². The van der Waals surface area contributed by atoms with Crippen LogP contribution >= 0.6 is 0 Å². The van der Waals surface area contributed by atoms with Gasteiger partial charge in [-0.05, 0) is 13.8 Å². The molecule has 1 aromatic rings. The van der Waals surface area contributed by atoms with Crippen molar-refractivity contribution in [1.29, 1.82) is 0 Å². The normalized spacial score (nSPS) is 17.6. The predicted octanol–water partition coefficient (Wildman–Crippen LogP) is 2.26. The number of halogens is 1. The summed E-state index contributed by atoms with van der Waals surface area (Å²) in [5.41, 5.74) is -0.0412. The highest BCUT2D eigenvalue weighted by molar-refractivity contribution is 5.36. The van der Waals surface area contributed by atoms with Gasteiger partial charge in [-0.2, -0.15) is 4.39 Å². The van der Waals surface area contributed by atoms with Gasteiger partial charge in [0.1, 0.15) is 0 Å². The fourth-order valence-electron chi connectivity index (χ4n) is 2.51. The molecule has 0 radical (unpaired) electrons. The highest BCUT2D eigenvalue weighted by Gasteiger charge is 2.22. The molecule has 0 amide bonds. The van der Waals surface area contributed by atoms with Gasteiger partial charge in [0.25, 0.3) is 0 Å². The highest BCUT2D eigenvalue weighted by Crippen LogP contribution is 2.21. The van der Waals surface area contributed by atoms with E-state index < -0.39 is 16.4 Å². The molecule has 0 aromatic heterocycles. The molecule has 6 heteroatoms. The molecule has 1 fully saturated rings. The number of hydrogen-bond donors (Lipinski definition) is 0. The molecule has 0 bridgehead atoms. The maximum absolute atomic E-state index is 14.0. The Morgan fingerprint density at radius 3 is 2.50 bits per heavy atom. The molecule has 0 spiro atoms. The summed E-state index contributed by atoms with van der Waals surface area (Å²) in [6, 6.07) is 4.89. The summed E-state index contributed by atoms with van der Waals surface area (Å²) in [6.45, 7) is 8.38. The van der Waals surface area contributed by atoms with Crippen molar-refractivity contribution in [1.82, 2.24) is 9.80 Å². The molecular formula is C14H20FN3O2. The second-order valence-corrected chi connectivity index (χ2v) is 5.41. The average Bonchev–Trinajstić information content (AvgIpc) is 2.41. The Hall–Kier alpha value is -1.53. The van der Waals surface area contributed by atoms with Gasteiger partial charge in [0.15, 0.2) is 0 Å². The molecule has 1 aromatic carbocycles. The van der Waals surface area contributed by atoms with E-state index in [1.54, 1.807) is 12.1 Å². The van der Waals surface area contributed by atoms with E-state index in [1.165, 1.54) is 6.07 Å². The molecule has 0 aliphatic carbocycles. The molecular weight excluding hydrogens is 261 g/mol. The van der Waals surface area contributed by atoms with Gasteiger partial charge in [-0.3, -0.25) is 19.9 Å². The molecule has 1 heterocycles. The molecule has 110 valence electrons. The van der Waals surface area contributed by atoms with E-state index in [2.05, 4.69) is 23.6 Å². The number of piperazine rings is 1. The van der Waals surface area contributed by atoms with Crippen LogP contribution in [0.25, 0.3) is 0 Å². The third-order valence-electron chi connectivity index (χ3n) is 3.79. The summed E-state index contributed by atoms with van der Waals surface area (Å²) >= 11 is 0. The molecule has 5 nitrogen and oxygen atoms in total. The van der Waals surface area contributed by atoms with Crippen LogP contribution in [0.1, 0.15) is 19.4 Å². The van der Waals surface area contributed by atoms with Crippen molar-refractivity contribution in [2.75, 3.05) is 26.2 Å². The number of hydrogen-bond acceptors (Lipinski definition) is 4. The Bertz CT molecular complexity index is 485. The van der Waals surface area contributed by atoms with Gasteiger partial charge in [0.05, 0.1) is 4.92 Å². The zero-order valence-corrected chi connectivity index (χ0v) is 11.9. The van der Waals surface area contributed by atoms with Crippen LogP contribution in [0.5, 0.6) is 0 Å². The Morgan fingerprint density at radius 1 is 1.30 bits per heavy atom. The van der Waals surface area contributed by atoms with E-state index in [1.807, 2.05) is 0 Å². The SMILES string of the molecule is CC(C)N1CCN(Cc2cccc([N+](=O)[O-])c2F)CC1. The topological polar surface area (TPSA) is 49.6 Å². The Labute approximate surface area is 118 Å². The van der Waals surface area contributed by atoms with Gasteiger partial charge in [-0.25, -0.2) is 0 Å². The number of nitro groups is 1. The standard InChI is InChI=1S/C14H20FN3O2/c1-11(2)17-8-6-16(7-9-17)10-12-4-3-5-13(14(12)15)18(19)20/h3-5,11H,6-10H2,1-2H3. The summed E-state index contributed by atoms with van der Waals surface area (Å²) in [5, 5.41) is 10.7. The predicted molar refractivity (Wildman–Crippen MR) is 75.0 cm³/mol. The average molecular weight is 281 g/mol. The minimum atomic E-state index is -0.705. The van der Waals surface area contributed by atoms with Crippen LogP contribution in [0.15, 0.2) is 18.2 Å². The van der Waals surface area contributed by atoms with Crippen molar-refractivity contribution in [2.45, 2.75) is 26.4 Å². The van der Waals surface area contributed by atoms with Crippen LogP contribution in [0.4, 0.5) is 10.1 Å². The summed E-state index contributed by atoms with van der Waals surface area (Å²) in [5.74, 6) is -0.705. The third-order valence-corrected chi connectivity index (χ3v) is 3.79. The highest BCUT2D eigenvalue weighted by atomic mass is 19.1. The lowest BCUT2D eigenvalue weighted by Crippen LogP contribution is -2.48. The molecule has 0 saturated carbocycles. The lowest BCUT2D eigenvalue weighted by atomic mass is 10.1. The second-order valence-electron chi connectivity index (χ2n) is 5.41. The maximum Gasteiger partial charge on any atom is 0.305 e. The molecule has 0 unspecified atom stereocenters. The van der Waals surface area contributed by atoms with Crippen molar-refractivity contribution in [3.8, 4) is 0 Å². The van der Waals surface area contributed by atoms with Crippen molar-refractivity contribution >= 4 is 5.69 Å². The third kappa shape index (κ3) is 3.32. The molecule has 1 aliphatic rings. The van der Waals surface area contributed by atoms with E-state index in [4.69, 9.17) is 0 Å². The number of nitrogens with zero attached hydrogens (tertiary/aromatic N) is 3. The summed E-state index contributed by atoms with van der Waals surface area (Å²) < 4.78 is 14.0. The van der Waals surface area contributed by atoms with Crippen LogP contribution in [0.2, 0.25) is 0 Å². The monoisotopic (exact) mass is 281 g/mol. The number of rotatable bonds is 4. The van der Waals surface area contributed by atoms with E-state index in [-0.39, 0.29) is 0 Å². The minimum absolute atomic E-state index is 0.400. The summed E-state index contributed by atoms with van der Waals surface area (Å²) in [7, 11) is 0. The van der Waals surface area contributed by atoms with E-state index in [0.717, 1.165) is 26.2 Å². The second kappa shape index (κ2) is 6.28. The van der Waals surface area contributed by atoms with Crippen LogP contribution in [0, 0.1) is 15.9 Å². The molecule has 20 heavy (non-hydrogen) atoms. The quantitative estimate of drug-likeness (QED) is 0.627. The van der Waals surface area contributed by atoms with Crippen molar-refractivity contribution in [2.24, 2.45) is 0 Å². The van der Waals surface area contributed by atoms with Crippen LogP contribution < -0.4 is 0 Å². The lowest BCUT2D eigenvalue weighted by Gasteiger charge is -2.36. The molecule has 0 atom stereocenters. The fraction of sp³-hybridized carbons (Fsp3) is 0.571. The number of benzene rings is 1. The Balaban J connectivity index is 2.01. The molecule has 1 saturated heterocycles. The van der Waals surface area contributed by atoms with Crippen molar-refractivity contribution in [3.63, 3.8) is 0 Å². The van der Waals surface area contributed by atoms with Gasteiger partial charge >= 0.3 is 5.69 Å². The fourth-order valence-corrected chi connectivity index (χ4v) is 2.51. The largest absolute Gasteiger partial charge is 0.305 e. The first kappa shape index (κ1) is 14.9. The van der Waals surface area contributed by atoms with Crippen molar-refractivity contribution in [3.05, 3.63) is 39.7 Å². The summed E-state index contributed by atoms with van der Waals surface area (Å²) in [4.78, 5) is 14.6. The van der Waals surface area contributed by atoms with Crippen LogP contribution in [0.3, 0.4) is 0 Å². The smallest absolute Gasteiger partial charge is 0.298 e. The first-order valence-corrected chi connectivity index (χ1v) is 6.87. The Morgan fingerprint density at radius 2 is 1.95 bits per heavy atom. The van der Waals surface area contributed by atoms with Gasteiger partial charge in [0, 0.05) is 50.4 Å². The van der Waals surface area contributed by atoms with E-state index in [0.29, 0.717) is 18.2 Å². The molecule has 1 aliphatic heterocycles. The minimum Gasteiger partial charge on any atom is -0.298 e. The summed E-state index contributed by atoms with van der Waals surface area (Å²) in [6.07, 6.45) is 0. The van der Waals surface area contributed by atoms with E-state index >= 15 is 0 Å². The first-order chi connectivity index (χ1) is 9.49. The van der Waals surface area contributed by atoms with Crippen molar-refractivity contribution < 1.29 is 9.31 Å². The van der Waals surface area contributed by atoms with Gasteiger partial charge < -0.3 is 0 Å². The van der Waals surface area contributed by atoms with Gasteiger partial charge in [-0.15, -0.1) is 0 Å². The maximum atomic E-state index is 14.0. The van der Waals surface area contributed by atoms with Crippen LogP contribution in [-0.2, 0) is 6.54 Å². The molecule has 0 N–H and O–H groups in total. The Kier molecular flexibility index (Phi) is 4.67.